The molecule has 102 valence electrons. The highest BCUT2D eigenvalue weighted by molar-refractivity contribution is 5.94. The van der Waals surface area contributed by atoms with Gasteiger partial charge in [-0.3, -0.25) is 0 Å². The first-order valence-electron chi connectivity index (χ1n) is 6.00. The van der Waals surface area contributed by atoms with Crippen LogP contribution in [0.3, 0.4) is 0 Å². The van der Waals surface area contributed by atoms with E-state index in [0.717, 1.165) is 18.9 Å². The molecule has 6 heteroatoms. The molecule has 1 aliphatic carbocycles. The molecule has 19 heavy (non-hydrogen) atoms. The van der Waals surface area contributed by atoms with Gasteiger partial charge in [-0.2, -0.15) is 0 Å². The van der Waals surface area contributed by atoms with Crippen molar-refractivity contribution in [1.29, 1.82) is 0 Å². The normalized spacial score (nSPS) is 17.4. The van der Waals surface area contributed by atoms with E-state index in [1.165, 1.54) is 25.1 Å². The Morgan fingerprint density at radius 1 is 1.42 bits per heavy atom. The predicted octanol–water partition coefficient (Wildman–Crippen LogP) is 2.20. The summed E-state index contributed by atoms with van der Waals surface area (Å²) in [6, 6.07) is 4.76. The van der Waals surface area contributed by atoms with Crippen molar-refractivity contribution in [2.45, 2.75) is 25.3 Å². The Bertz CT molecular complexity index is 516. The molecule has 1 aromatic carbocycles. The van der Waals surface area contributed by atoms with Crippen LogP contribution in [0.2, 0.25) is 0 Å². The topological polar surface area (TPSA) is 78.4 Å². The number of carbonyl (C=O) groups is 2. The Morgan fingerprint density at radius 2 is 2.11 bits per heavy atom. The first-order valence-corrected chi connectivity index (χ1v) is 6.00. The molecule has 0 bridgehead atoms. The Kier molecular flexibility index (Phi) is 3.42. The molecule has 1 fully saturated rings. The molecule has 1 atom stereocenters. The van der Waals surface area contributed by atoms with E-state index < -0.39 is 23.4 Å². The lowest BCUT2D eigenvalue weighted by Gasteiger charge is -2.26. The third-order valence-electron chi connectivity index (χ3n) is 3.29. The van der Waals surface area contributed by atoms with E-state index >= 15 is 0 Å². The number of rotatable bonds is 4. The second-order valence-corrected chi connectivity index (χ2v) is 4.87. The fraction of sp³-hybridized carbons (Fsp3) is 0.385. The number of urea groups is 1. The molecule has 1 saturated carbocycles. The summed E-state index contributed by atoms with van der Waals surface area (Å²) in [4.78, 5) is 23.0. The lowest BCUT2D eigenvalue weighted by molar-refractivity contribution is -0.144. The van der Waals surface area contributed by atoms with E-state index in [-0.39, 0.29) is 11.6 Å². The van der Waals surface area contributed by atoms with E-state index in [1.807, 2.05) is 0 Å². The highest BCUT2D eigenvalue weighted by Crippen LogP contribution is 2.39. The van der Waals surface area contributed by atoms with Crippen molar-refractivity contribution in [2.75, 3.05) is 5.32 Å². The van der Waals surface area contributed by atoms with Gasteiger partial charge in [-0.05, 0) is 43.9 Å². The summed E-state index contributed by atoms with van der Waals surface area (Å²) in [6.07, 6.45) is 1.56. The van der Waals surface area contributed by atoms with Crippen molar-refractivity contribution in [1.82, 2.24) is 5.32 Å². The van der Waals surface area contributed by atoms with E-state index in [9.17, 15) is 19.1 Å². The van der Waals surface area contributed by atoms with Gasteiger partial charge in [0.2, 0.25) is 0 Å². The quantitative estimate of drug-likeness (QED) is 0.781. The van der Waals surface area contributed by atoms with Gasteiger partial charge in [0.15, 0.2) is 0 Å². The molecule has 2 amide bonds. The van der Waals surface area contributed by atoms with E-state index in [2.05, 4.69) is 10.6 Å². The number of halogens is 1. The minimum Gasteiger partial charge on any atom is -0.480 e. The number of carbonyl (C=O) groups excluding carboxylic acids is 1. The third-order valence-corrected chi connectivity index (χ3v) is 3.29. The zero-order valence-electron chi connectivity index (χ0n) is 10.4. The van der Waals surface area contributed by atoms with Crippen LogP contribution in [-0.2, 0) is 4.79 Å². The van der Waals surface area contributed by atoms with Crippen molar-refractivity contribution in [2.24, 2.45) is 5.92 Å². The van der Waals surface area contributed by atoms with Crippen molar-refractivity contribution >= 4 is 17.7 Å². The Balaban J connectivity index is 2.02. The van der Waals surface area contributed by atoms with Crippen LogP contribution in [0.1, 0.15) is 19.8 Å². The highest BCUT2D eigenvalue weighted by atomic mass is 19.1. The summed E-state index contributed by atoms with van der Waals surface area (Å²) in [6.45, 7) is 1.48. The van der Waals surface area contributed by atoms with Gasteiger partial charge in [0.1, 0.15) is 11.4 Å². The summed E-state index contributed by atoms with van der Waals surface area (Å²) < 4.78 is 13.0. The number of carboxylic acid groups (broad SMARTS) is 1. The standard InChI is InChI=1S/C13H15FN2O3/c1-13(11(17)18,8-5-6-8)16-12(19)15-10-4-2-3-9(14)7-10/h2-4,7-8H,5-6H2,1H3,(H,17,18)(H2,15,16,19). The molecule has 0 aromatic heterocycles. The molecule has 0 aliphatic heterocycles. The Labute approximate surface area is 109 Å². The number of anilines is 1. The molecule has 0 saturated heterocycles. The summed E-state index contributed by atoms with van der Waals surface area (Å²) in [7, 11) is 0. The van der Waals surface area contributed by atoms with Crippen LogP contribution >= 0.6 is 0 Å². The van der Waals surface area contributed by atoms with E-state index in [1.54, 1.807) is 0 Å². The number of benzene rings is 1. The second-order valence-electron chi connectivity index (χ2n) is 4.87. The van der Waals surface area contributed by atoms with Crippen LogP contribution in [0, 0.1) is 11.7 Å². The third kappa shape index (κ3) is 3.01. The Hall–Kier alpha value is -2.11. The maximum Gasteiger partial charge on any atom is 0.329 e. The number of aliphatic carboxylic acids is 1. The average Bonchev–Trinajstić information content (AvgIpc) is 3.12. The molecule has 1 aromatic rings. The fourth-order valence-electron chi connectivity index (χ4n) is 1.96. The molecule has 1 aliphatic rings. The lowest BCUT2D eigenvalue weighted by atomic mass is 9.96. The van der Waals surface area contributed by atoms with Gasteiger partial charge >= 0.3 is 12.0 Å². The summed E-state index contributed by atoms with van der Waals surface area (Å²) in [5, 5.41) is 14.1. The van der Waals surface area contributed by atoms with E-state index in [4.69, 9.17) is 0 Å². The maximum absolute atomic E-state index is 13.0. The van der Waals surface area contributed by atoms with Crippen LogP contribution in [0.4, 0.5) is 14.9 Å². The van der Waals surface area contributed by atoms with Crippen molar-refractivity contribution in [3.8, 4) is 0 Å². The first-order chi connectivity index (χ1) is 8.91. The van der Waals surface area contributed by atoms with Gasteiger partial charge in [0.25, 0.3) is 0 Å². The molecular weight excluding hydrogens is 251 g/mol. The number of nitrogens with one attached hydrogen (secondary N) is 2. The first kappa shape index (κ1) is 13.3. The number of carboxylic acids is 1. The molecule has 0 heterocycles. The van der Waals surface area contributed by atoms with Crippen molar-refractivity contribution in [3.63, 3.8) is 0 Å². The minimum absolute atomic E-state index is 0.0525. The minimum atomic E-state index is -1.28. The summed E-state index contributed by atoms with van der Waals surface area (Å²) in [5.41, 5.74) is -1.00. The lowest BCUT2D eigenvalue weighted by Crippen LogP contribution is -2.55. The number of amides is 2. The smallest absolute Gasteiger partial charge is 0.329 e. The van der Waals surface area contributed by atoms with Gasteiger partial charge < -0.3 is 15.7 Å². The molecular formula is C13H15FN2O3. The highest BCUT2D eigenvalue weighted by Gasteiger charge is 2.48. The molecule has 2 rings (SSSR count). The zero-order valence-corrected chi connectivity index (χ0v) is 10.4. The monoisotopic (exact) mass is 266 g/mol. The SMILES string of the molecule is CC(NC(=O)Nc1cccc(F)c1)(C(=O)O)C1CC1. The van der Waals surface area contributed by atoms with Gasteiger partial charge in [-0.25, -0.2) is 14.0 Å². The number of hydrogen-bond acceptors (Lipinski definition) is 2. The molecule has 1 unspecified atom stereocenters. The average molecular weight is 266 g/mol. The van der Waals surface area contributed by atoms with Gasteiger partial charge in [0.05, 0.1) is 0 Å². The number of hydrogen-bond donors (Lipinski definition) is 3. The molecule has 5 nitrogen and oxygen atoms in total. The maximum atomic E-state index is 13.0. The molecule has 0 spiro atoms. The van der Waals surface area contributed by atoms with Crippen LogP contribution < -0.4 is 10.6 Å². The molecule has 0 radical (unpaired) electrons. The van der Waals surface area contributed by atoms with Gasteiger partial charge in [-0.15, -0.1) is 0 Å². The largest absolute Gasteiger partial charge is 0.480 e. The van der Waals surface area contributed by atoms with E-state index in [0.29, 0.717) is 0 Å². The summed E-state index contributed by atoms with van der Waals surface area (Å²) >= 11 is 0. The fourth-order valence-corrected chi connectivity index (χ4v) is 1.96. The van der Waals surface area contributed by atoms with Crippen molar-refractivity contribution in [3.05, 3.63) is 30.1 Å². The van der Waals surface area contributed by atoms with Crippen LogP contribution in [-0.4, -0.2) is 22.6 Å². The van der Waals surface area contributed by atoms with Crippen LogP contribution in [0.5, 0.6) is 0 Å². The second kappa shape index (κ2) is 4.87. The van der Waals surface area contributed by atoms with Crippen molar-refractivity contribution < 1.29 is 19.1 Å². The zero-order chi connectivity index (χ0) is 14.0. The van der Waals surface area contributed by atoms with Gasteiger partial charge in [0, 0.05) is 5.69 Å². The molecule has 3 N–H and O–H groups in total. The predicted molar refractivity (Wildman–Crippen MR) is 67.3 cm³/mol. The Morgan fingerprint density at radius 3 is 2.63 bits per heavy atom. The summed E-state index contributed by atoms with van der Waals surface area (Å²) in [5.74, 6) is -1.59. The van der Waals surface area contributed by atoms with Crippen LogP contribution in [0.15, 0.2) is 24.3 Å². The van der Waals surface area contributed by atoms with Crippen LogP contribution in [0.25, 0.3) is 0 Å². The van der Waals surface area contributed by atoms with Gasteiger partial charge in [-0.1, -0.05) is 6.07 Å².